The van der Waals surface area contributed by atoms with Gasteiger partial charge in [0.2, 0.25) is 0 Å². The number of benzene rings is 2. The average Bonchev–Trinajstić information content (AvgIpc) is 2.92. The lowest BCUT2D eigenvalue weighted by Crippen LogP contribution is -2.08. The second-order valence-electron chi connectivity index (χ2n) is 4.76. The summed E-state index contributed by atoms with van der Waals surface area (Å²) in [5, 5.41) is 8.42. The van der Waals surface area contributed by atoms with Crippen molar-refractivity contribution in [3.8, 4) is 5.75 Å². The number of nitrogens with two attached hydrogens (primary N) is 1. The van der Waals surface area contributed by atoms with Crippen molar-refractivity contribution in [1.29, 1.82) is 5.41 Å². The van der Waals surface area contributed by atoms with Crippen LogP contribution in [-0.4, -0.2) is 5.84 Å². The number of hydrogen-bond donors (Lipinski definition) is 2. The van der Waals surface area contributed by atoms with E-state index in [0.717, 1.165) is 22.2 Å². The molecule has 0 fully saturated rings. The van der Waals surface area contributed by atoms with Crippen molar-refractivity contribution in [2.75, 3.05) is 0 Å². The molecular formula is C16H12F2N2OS. The van der Waals surface area contributed by atoms with Crippen LogP contribution in [0.1, 0.15) is 10.4 Å². The largest absolute Gasteiger partial charge is 0.489 e. The van der Waals surface area contributed by atoms with Gasteiger partial charge < -0.3 is 10.5 Å². The van der Waals surface area contributed by atoms with Gasteiger partial charge in [-0.1, -0.05) is 6.07 Å². The summed E-state index contributed by atoms with van der Waals surface area (Å²) in [5.41, 5.74) is 6.02. The van der Waals surface area contributed by atoms with E-state index in [0.29, 0.717) is 16.2 Å². The Hall–Kier alpha value is -2.47. The van der Waals surface area contributed by atoms with E-state index in [1.165, 1.54) is 17.4 Å². The second kappa shape index (κ2) is 5.73. The summed E-state index contributed by atoms with van der Waals surface area (Å²) in [6.45, 7) is 0.146. The molecule has 0 aliphatic heterocycles. The Morgan fingerprint density at radius 3 is 2.64 bits per heavy atom. The van der Waals surface area contributed by atoms with E-state index in [2.05, 4.69) is 0 Å². The number of amidine groups is 1. The van der Waals surface area contributed by atoms with E-state index >= 15 is 0 Å². The Kier molecular flexibility index (Phi) is 3.77. The molecule has 3 nitrogen and oxygen atoms in total. The van der Waals surface area contributed by atoms with E-state index in [9.17, 15) is 8.78 Å². The second-order valence-corrected chi connectivity index (χ2v) is 5.84. The molecule has 0 amide bonds. The van der Waals surface area contributed by atoms with Crippen LogP contribution in [0.5, 0.6) is 5.75 Å². The number of halogens is 2. The van der Waals surface area contributed by atoms with Crippen LogP contribution in [-0.2, 0) is 6.61 Å². The van der Waals surface area contributed by atoms with Gasteiger partial charge >= 0.3 is 0 Å². The predicted molar refractivity (Wildman–Crippen MR) is 83.5 cm³/mol. The Balaban J connectivity index is 1.78. The summed E-state index contributed by atoms with van der Waals surface area (Å²) in [6.07, 6.45) is 0. The van der Waals surface area contributed by atoms with Crippen LogP contribution in [0.4, 0.5) is 8.78 Å². The minimum absolute atomic E-state index is 0.0328. The van der Waals surface area contributed by atoms with Gasteiger partial charge in [-0.25, -0.2) is 8.78 Å². The smallest absolute Gasteiger partial charge is 0.159 e. The van der Waals surface area contributed by atoms with Gasteiger partial charge in [-0.3, -0.25) is 5.41 Å². The number of hydrogen-bond acceptors (Lipinski definition) is 3. The highest BCUT2D eigenvalue weighted by Crippen LogP contribution is 2.29. The summed E-state index contributed by atoms with van der Waals surface area (Å²) in [7, 11) is 0. The van der Waals surface area contributed by atoms with Crippen LogP contribution < -0.4 is 10.5 Å². The number of rotatable bonds is 4. The van der Waals surface area contributed by atoms with Gasteiger partial charge in [-0.05, 0) is 47.3 Å². The quantitative estimate of drug-likeness (QED) is 0.563. The molecule has 3 aromatic rings. The first-order valence-corrected chi connectivity index (χ1v) is 7.29. The monoisotopic (exact) mass is 318 g/mol. The maximum atomic E-state index is 13.1. The highest BCUT2D eigenvalue weighted by Gasteiger charge is 2.07. The summed E-state index contributed by atoms with van der Waals surface area (Å²) < 4.78 is 32.5. The maximum absolute atomic E-state index is 13.1. The Morgan fingerprint density at radius 1 is 1.09 bits per heavy atom. The van der Waals surface area contributed by atoms with Crippen LogP contribution in [0.2, 0.25) is 0 Å². The fraction of sp³-hybridized carbons (Fsp3) is 0.0625. The Labute approximate surface area is 129 Å². The van der Waals surface area contributed by atoms with Crippen molar-refractivity contribution in [3.63, 3.8) is 0 Å². The summed E-state index contributed by atoms with van der Waals surface area (Å²) in [5.74, 6) is -1.11. The third-order valence-electron chi connectivity index (χ3n) is 3.15. The molecular weight excluding hydrogens is 306 g/mol. The van der Waals surface area contributed by atoms with Gasteiger partial charge in [0.1, 0.15) is 18.2 Å². The van der Waals surface area contributed by atoms with E-state index in [1.807, 2.05) is 18.2 Å². The number of thiophene rings is 1. The van der Waals surface area contributed by atoms with Crippen molar-refractivity contribution in [3.05, 3.63) is 64.5 Å². The van der Waals surface area contributed by atoms with Crippen LogP contribution in [0.25, 0.3) is 10.1 Å². The van der Waals surface area contributed by atoms with Crippen molar-refractivity contribution < 1.29 is 13.5 Å². The minimum atomic E-state index is -0.888. The van der Waals surface area contributed by atoms with Crippen molar-refractivity contribution >= 4 is 27.3 Å². The molecule has 3 rings (SSSR count). The van der Waals surface area contributed by atoms with Gasteiger partial charge in [-0.2, -0.15) is 0 Å². The molecule has 0 atom stereocenters. The summed E-state index contributed by atoms with van der Waals surface area (Å²) >= 11 is 1.41. The standard InChI is InChI=1S/C16H12F2N2OS/c17-12-4-1-9(5-13(12)18)8-21-11-3-2-10-6-15(16(19)20)22-14(10)7-11/h1-7H,8H2,(H3,19,20). The van der Waals surface area contributed by atoms with Gasteiger partial charge in [0.25, 0.3) is 0 Å². The fourth-order valence-electron chi connectivity index (χ4n) is 2.03. The lowest BCUT2D eigenvalue weighted by molar-refractivity contribution is 0.305. The first-order valence-electron chi connectivity index (χ1n) is 6.47. The van der Waals surface area contributed by atoms with E-state index in [-0.39, 0.29) is 12.4 Å². The lowest BCUT2D eigenvalue weighted by atomic mass is 10.2. The first kappa shape index (κ1) is 14.5. The van der Waals surface area contributed by atoms with Crippen molar-refractivity contribution in [2.24, 2.45) is 5.73 Å². The predicted octanol–water partition coefficient (Wildman–Crippen LogP) is 4.04. The third kappa shape index (κ3) is 2.92. The zero-order valence-corrected chi connectivity index (χ0v) is 12.2. The Morgan fingerprint density at radius 2 is 1.91 bits per heavy atom. The molecule has 1 aromatic heterocycles. The van der Waals surface area contributed by atoms with Gasteiger partial charge in [0.05, 0.1) is 4.88 Å². The number of nitrogens with one attached hydrogen (secondary N) is 1. The van der Waals surface area contributed by atoms with E-state index in [1.54, 1.807) is 6.07 Å². The van der Waals surface area contributed by atoms with E-state index in [4.69, 9.17) is 15.9 Å². The molecule has 0 unspecified atom stereocenters. The molecule has 0 saturated carbocycles. The van der Waals surface area contributed by atoms with Crippen LogP contribution in [0, 0.1) is 17.0 Å². The topological polar surface area (TPSA) is 59.1 Å². The van der Waals surface area contributed by atoms with Crippen LogP contribution in [0.3, 0.4) is 0 Å². The summed E-state index contributed by atoms with van der Waals surface area (Å²) in [6, 6.07) is 11.0. The van der Waals surface area contributed by atoms with Crippen LogP contribution >= 0.6 is 11.3 Å². The summed E-state index contributed by atoms with van der Waals surface area (Å²) in [4.78, 5) is 0.702. The SMILES string of the molecule is N=C(N)c1cc2ccc(OCc3ccc(F)c(F)c3)cc2s1. The Bertz CT molecular complexity index is 860. The molecule has 1 heterocycles. The normalized spacial score (nSPS) is 10.8. The molecule has 0 spiro atoms. The number of nitrogen functional groups attached to an aromatic ring is 1. The van der Waals surface area contributed by atoms with Crippen molar-refractivity contribution in [1.82, 2.24) is 0 Å². The highest BCUT2D eigenvalue weighted by molar-refractivity contribution is 7.20. The first-order chi connectivity index (χ1) is 10.5. The molecule has 0 saturated heterocycles. The minimum Gasteiger partial charge on any atom is -0.489 e. The molecule has 0 radical (unpaired) electrons. The lowest BCUT2D eigenvalue weighted by Gasteiger charge is -2.06. The third-order valence-corrected chi connectivity index (χ3v) is 4.28. The highest BCUT2D eigenvalue weighted by atomic mass is 32.1. The maximum Gasteiger partial charge on any atom is 0.159 e. The van der Waals surface area contributed by atoms with Crippen LogP contribution in [0.15, 0.2) is 42.5 Å². The molecule has 6 heteroatoms. The molecule has 2 aromatic carbocycles. The molecule has 0 aliphatic carbocycles. The fourth-order valence-corrected chi connectivity index (χ4v) is 2.98. The number of ether oxygens (including phenoxy) is 1. The zero-order chi connectivity index (χ0) is 15.7. The zero-order valence-electron chi connectivity index (χ0n) is 11.4. The van der Waals surface area contributed by atoms with Gasteiger partial charge in [0.15, 0.2) is 11.6 Å². The van der Waals surface area contributed by atoms with Gasteiger partial charge in [-0.15, -0.1) is 11.3 Å². The van der Waals surface area contributed by atoms with Gasteiger partial charge in [0, 0.05) is 4.70 Å². The van der Waals surface area contributed by atoms with E-state index < -0.39 is 11.6 Å². The van der Waals surface area contributed by atoms with Crippen molar-refractivity contribution in [2.45, 2.75) is 6.61 Å². The molecule has 3 N–H and O–H groups in total. The molecule has 22 heavy (non-hydrogen) atoms. The molecule has 112 valence electrons. The number of fused-ring (bicyclic) bond motifs is 1. The average molecular weight is 318 g/mol. The molecule has 0 bridgehead atoms. The molecule has 0 aliphatic rings.